The van der Waals surface area contributed by atoms with E-state index in [9.17, 15) is 4.79 Å². The van der Waals surface area contributed by atoms with Gasteiger partial charge in [-0.05, 0) is 36.3 Å². The fourth-order valence-electron chi connectivity index (χ4n) is 2.53. The Morgan fingerprint density at radius 2 is 2.00 bits per heavy atom. The molecule has 0 fully saturated rings. The van der Waals surface area contributed by atoms with Gasteiger partial charge in [-0.25, -0.2) is 4.98 Å². The Bertz CT molecular complexity index is 914. The molecular weight excluding hydrogens is 322 g/mol. The van der Waals surface area contributed by atoms with Gasteiger partial charge in [0.2, 0.25) is 5.91 Å². The lowest BCUT2D eigenvalue weighted by atomic mass is 10.1. The predicted molar refractivity (Wildman–Crippen MR) is 96.9 cm³/mol. The second-order valence-corrected chi connectivity index (χ2v) is 6.03. The zero-order valence-corrected chi connectivity index (χ0v) is 14.4. The van der Waals surface area contributed by atoms with Gasteiger partial charge in [-0.1, -0.05) is 41.9 Å². The van der Waals surface area contributed by atoms with Crippen molar-refractivity contribution in [3.05, 3.63) is 76.7 Å². The van der Waals surface area contributed by atoms with Crippen LogP contribution >= 0.6 is 11.6 Å². The summed E-state index contributed by atoms with van der Waals surface area (Å²) < 4.78 is 1.85. The van der Waals surface area contributed by atoms with Crippen molar-refractivity contribution in [2.24, 2.45) is 0 Å². The van der Waals surface area contributed by atoms with E-state index < -0.39 is 0 Å². The Labute approximate surface area is 146 Å². The summed E-state index contributed by atoms with van der Waals surface area (Å²) >= 11 is 6.17. The van der Waals surface area contributed by atoms with Crippen LogP contribution in [0.1, 0.15) is 16.8 Å². The maximum absolute atomic E-state index is 12.4. The van der Waals surface area contributed by atoms with Gasteiger partial charge in [0, 0.05) is 25.9 Å². The number of benzene rings is 1. The van der Waals surface area contributed by atoms with Crippen molar-refractivity contribution in [3.8, 4) is 0 Å². The smallest absolute Gasteiger partial charge is 0.246 e. The molecule has 3 aromatic rings. The predicted octanol–water partition coefficient (Wildman–Crippen LogP) is 3.97. The van der Waals surface area contributed by atoms with Gasteiger partial charge in [0.25, 0.3) is 0 Å². The van der Waals surface area contributed by atoms with Crippen LogP contribution in [0.15, 0.2) is 54.7 Å². The maximum Gasteiger partial charge on any atom is 0.246 e. The van der Waals surface area contributed by atoms with Crippen LogP contribution in [-0.4, -0.2) is 27.2 Å². The third-order valence-electron chi connectivity index (χ3n) is 3.95. The van der Waals surface area contributed by atoms with Gasteiger partial charge >= 0.3 is 0 Å². The van der Waals surface area contributed by atoms with Crippen LogP contribution in [0.2, 0.25) is 5.15 Å². The van der Waals surface area contributed by atoms with E-state index >= 15 is 0 Å². The average molecular weight is 340 g/mol. The number of halogens is 1. The summed E-state index contributed by atoms with van der Waals surface area (Å²) in [6, 6.07) is 13.7. The van der Waals surface area contributed by atoms with Crippen LogP contribution in [0.25, 0.3) is 11.7 Å². The standard InChI is InChI=1S/C19H18ClN3O/c1-14-7-3-4-8-15(14)13-22(2)18(24)11-10-16-19(20)21-17-9-5-6-12-23(16)17/h3-12H,13H2,1-2H3/b11-10+. The number of carbonyl (C=O) groups excluding carboxylic acids is 1. The van der Waals surface area contributed by atoms with Crippen LogP contribution in [-0.2, 0) is 11.3 Å². The third kappa shape index (κ3) is 3.34. The van der Waals surface area contributed by atoms with Gasteiger partial charge in [-0.15, -0.1) is 0 Å². The number of rotatable bonds is 4. The first-order valence-corrected chi connectivity index (χ1v) is 8.04. The minimum atomic E-state index is -0.0831. The zero-order chi connectivity index (χ0) is 17.1. The Kier molecular flexibility index (Phi) is 4.67. The van der Waals surface area contributed by atoms with Crippen LogP contribution in [0.4, 0.5) is 0 Å². The lowest BCUT2D eigenvalue weighted by Gasteiger charge is -2.16. The molecule has 0 spiro atoms. The van der Waals surface area contributed by atoms with E-state index in [4.69, 9.17) is 11.6 Å². The highest BCUT2D eigenvalue weighted by Gasteiger charge is 2.10. The molecule has 2 heterocycles. The van der Waals surface area contributed by atoms with Crippen molar-refractivity contribution in [3.63, 3.8) is 0 Å². The molecule has 2 aromatic heterocycles. The fraction of sp³-hybridized carbons (Fsp3) is 0.158. The van der Waals surface area contributed by atoms with E-state index in [1.807, 2.05) is 60.0 Å². The molecule has 0 atom stereocenters. The summed E-state index contributed by atoms with van der Waals surface area (Å²) in [6.45, 7) is 2.61. The first-order chi connectivity index (χ1) is 11.6. The van der Waals surface area contributed by atoms with Crippen molar-refractivity contribution in [2.45, 2.75) is 13.5 Å². The van der Waals surface area contributed by atoms with Crippen molar-refractivity contribution in [2.75, 3.05) is 7.05 Å². The molecule has 122 valence electrons. The molecule has 1 amide bonds. The highest BCUT2D eigenvalue weighted by Crippen LogP contribution is 2.19. The van der Waals surface area contributed by atoms with Gasteiger partial charge in [0.15, 0.2) is 5.15 Å². The number of nitrogens with zero attached hydrogens (tertiary/aromatic N) is 3. The highest BCUT2D eigenvalue weighted by atomic mass is 35.5. The summed E-state index contributed by atoms with van der Waals surface area (Å²) in [5.41, 5.74) is 3.76. The maximum atomic E-state index is 12.4. The van der Waals surface area contributed by atoms with Gasteiger partial charge in [0.05, 0.1) is 5.69 Å². The molecule has 3 rings (SSSR count). The van der Waals surface area contributed by atoms with E-state index in [1.165, 1.54) is 11.6 Å². The lowest BCUT2D eigenvalue weighted by molar-refractivity contribution is -0.125. The summed E-state index contributed by atoms with van der Waals surface area (Å²) in [6.07, 6.45) is 5.11. The Hall–Kier alpha value is -2.59. The zero-order valence-electron chi connectivity index (χ0n) is 13.6. The molecule has 0 aliphatic carbocycles. The average Bonchev–Trinajstić information content (AvgIpc) is 2.90. The number of pyridine rings is 1. The molecular formula is C19H18ClN3O. The molecule has 0 saturated carbocycles. The third-order valence-corrected chi connectivity index (χ3v) is 4.23. The Morgan fingerprint density at radius 1 is 1.25 bits per heavy atom. The first kappa shape index (κ1) is 16.3. The number of imidazole rings is 1. The number of likely N-dealkylation sites (N-methyl/N-ethyl adjacent to an activating group) is 1. The number of fused-ring (bicyclic) bond motifs is 1. The molecule has 0 aliphatic heterocycles. The Morgan fingerprint density at radius 3 is 2.79 bits per heavy atom. The van der Waals surface area contributed by atoms with E-state index in [-0.39, 0.29) is 5.91 Å². The van der Waals surface area contributed by atoms with Crippen molar-refractivity contribution < 1.29 is 4.79 Å². The minimum absolute atomic E-state index is 0.0831. The number of amides is 1. The van der Waals surface area contributed by atoms with E-state index in [1.54, 1.807) is 18.0 Å². The highest BCUT2D eigenvalue weighted by molar-refractivity contribution is 6.31. The van der Waals surface area contributed by atoms with Crippen molar-refractivity contribution in [1.82, 2.24) is 14.3 Å². The molecule has 0 radical (unpaired) electrons. The SMILES string of the molecule is Cc1ccccc1CN(C)C(=O)/C=C/c1c(Cl)nc2ccccn12. The molecule has 4 nitrogen and oxygen atoms in total. The second kappa shape index (κ2) is 6.89. The molecule has 5 heteroatoms. The monoisotopic (exact) mass is 339 g/mol. The number of carbonyl (C=O) groups is 1. The summed E-state index contributed by atoms with van der Waals surface area (Å²) in [5, 5.41) is 0.381. The van der Waals surface area contributed by atoms with Crippen LogP contribution in [0.5, 0.6) is 0 Å². The molecule has 24 heavy (non-hydrogen) atoms. The van der Waals surface area contributed by atoms with Gasteiger partial charge < -0.3 is 4.90 Å². The normalized spacial score (nSPS) is 11.3. The van der Waals surface area contributed by atoms with E-state index in [0.717, 1.165) is 11.2 Å². The first-order valence-electron chi connectivity index (χ1n) is 7.66. The van der Waals surface area contributed by atoms with Gasteiger partial charge in [0.1, 0.15) is 5.65 Å². The molecule has 0 N–H and O–H groups in total. The summed E-state index contributed by atoms with van der Waals surface area (Å²) in [7, 11) is 1.79. The van der Waals surface area contributed by atoms with Crippen LogP contribution in [0, 0.1) is 6.92 Å². The van der Waals surface area contributed by atoms with Gasteiger partial charge in [-0.2, -0.15) is 0 Å². The quantitative estimate of drug-likeness (QED) is 0.674. The molecule has 0 saturated heterocycles. The van der Waals surface area contributed by atoms with Crippen molar-refractivity contribution in [1.29, 1.82) is 0 Å². The molecule has 0 aliphatic rings. The number of hydrogen-bond donors (Lipinski definition) is 0. The molecule has 1 aromatic carbocycles. The topological polar surface area (TPSA) is 37.6 Å². The molecule has 0 unspecified atom stereocenters. The van der Waals surface area contributed by atoms with Gasteiger partial charge in [-0.3, -0.25) is 9.20 Å². The fourth-order valence-corrected chi connectivity index (χ4v) is 2.77. The number of aromatic nitrogens is 2. The van der Waals surface area contributed by atoms with Crippen LogP contribution < -0.4 is 0 Å². The van der Waals surface area contributed by atoms with E-state index in [0.29, 0.717) is 17.4 Å². The van der Waals surface area contributed by atoms with E-state index in [2.05, 4.69) is 4.98 Å². The minimum Gasteiger partial charge on any atom is -0.338 e. The second-order valence-electron chi connectivity index (χ2n) is 5.67. The lowest BCUT2D eigenvalue weighted by Crippen LogP contribution is -2.24. The summed E-state index contributed by atoms with van der Waals surface area (Å²) in [5.74, 6) is -0.0831. The largest absolute Gasteiger partial charge is 0.338 e. The van der Waals surface area contributed by atoms with Crippen molar-refractivity contribution >= 4 is 29.2 Å². The molecule has 0 bridgehead atoms. The number of hydrogen-bond acceptors (Lipinski definition) is 2. The van der Waals surface area contributed by atoms with Crippen LogP contribution in [0.3, 0.4) is 0 Å². The summed E-state index contributed by atoms with van der Waals surface area (Å²) in [4.78, 5) is 18.3. The number of aryl methyl sites for hydroxylation is 1. The Balaban J connectivity index is 1.77.